The zero-order chi connectivity index (χ0) is 15.2. The van der Waals surface area contributed by atoms with Gasteiger partial charge in [0, 0.05) is 18.2 Å². The van der Waals surface area contributed by atoms with Gasteiger partial charge in [-0.25, -0.2) is 0 Å². The summed E-state index contributed by atoms with van der Waals surface area (Å²) in [7, 11) is 0. The van der Waals surface area contributed by atoms with Crippen LogP contribution < -0.4 is 5.32 Å². The number of benzene rings is 2. The van der Waals surface area contributed by atoms with E-state index in [0.717, 1.165) is 18.5 Å². The molecule has 0 aliphatic rings. The van der Waals surface area contributed by atoms with Crippen LogP contribution in [0.15, 0.2) is 42.5 Å². The van der Waals surface area contributed by atoms with E-state index in [1.54, 1.807) is 19.1 Å². The molecule has 0 spiro atoms. The lowest BCUT2D eigenvalue weighted by Crippen LogP contribution is -2.16. The maximum Gasteiger partial charge on any atom is 0.272 e. The lowest BCUT2D eigenvalue weighted by Gasteiger charge is -2.07. The Kier molecular flexibility index (Phi) is 5.06. The Hall–Kier alpha value is -2.20. The predicted octanol–water partition coefficient (Wildman–Crippen LogP) is 3.54. The van der Waals surface area contributed by atoms with Gasteiger partial charge in [-0.3, -0.25) is 10.1 Å². The van der Waals surface area contributed by atoms with Gasteiger partial charge in [0.05, 0.1) is 4.92 Å². The third-order valence-corrected chi connectivity index (χ3v) is 3.47. The van der Waals surface area contributed by atoms with Crippen molar-refractivity contribution in [2.45, 2.75) is 26.8 Å². The zero-order valence-corrected chi connectivity index (χ0v) is 12.4. The normalized spacial score (nSPS) is 10.6. The third-order valence-electron chi connectivity index (χ3n) is 3.47. The first-order chi connectivity index (χ1) is 10.1. The Labute approximate surface area is 125 Å². The van der Waals surface area contributed by atoms with Gasteiger partial charge in [-0.05, 0) is 37.9 Å². The summed E-state index contributed by atoms with van der Waals surface area (Å²) in [5, 5.41) is 14.2. The third kappa shape index (κ3) is 4.39. The minimum atomic E-state index is -0.328. The summed E-state index contributed by atoms with van der Waals surface area (Å²) in [6.45, 7) is 5.34. The van der Waals surface area contributed by atoms with E-state index >= 15 is 0 Å². The Balaban J connectivity index is 1.86. The summed E-state index contributed by atoms with van der Waals surface area (Å²) in [6, 6.07) is 13.8. The van der Waals surface area contributed by atoms with E-state index < -0.39 is 0 Å². The molecule has 0 bridgehead atoms. The summed E-state index contributed by atoms with van der Waals surface area (Å²) in [6.07, 6.45) is 0.954. The van der Waals surface area contributed by atoms with Crippen LogP contribution in [0.25, 0.3) is 0 Å². The molecule has 0 radical (unpaired) electrons. The lowest BCUT2D eigenvalue weighted by atomic mass is 10.1. The molecule has 2 aromatic rings. The van der Waals surface area contributed by atoms with Gasteiger partial charge >= 0.3 is 0 Å². The standard InChI is InChI=1S/C17H20N2O2/c1-13-4-3-5-15(10-13)8-9-18-12-16-7-6-14(2)17(11-16)19(20)21/h3-7,10-11,18H,8-9,12H2,1-2H3. The molecule has 1 N–H and O–H groups in total. The van der Waals surface area contributed by atoms with Crippen molar-refractivity contribution in [2.24, 2.45) is 0 Å². The molecular weight excluding hydrogens is 264 g/mol. The van der Waals surface area contributed by atoms with Crippen molar-refractivity contribution in [3.8, 4) is 0 Å². The van der Waals surface area contributed by atoms with Gasteiger partial charge in [0.1, 0.15) is 0 Å². The van der Waals surface area contributed by atoms with Crippen molar-refractivity contribution in [3.05, 3.63) is 74.8 Å². The zero-order valence-electron chi connectivity index (χ0n) is 12.4. The topological polar surface area (TPSA) is 55.2 Å². The minimum absolute atomic E-state index is 0.188. The molecule has 2 aromatic carbocycles. The average molecular weight is 284 g/mol. The smallest absolute Gasteiger partial charge is 0.272 e. The van der Waals surface area contributed by atoms with Crippen LogP contribution in [0.4, 0.5) is 5.69 Å². The van der Waals surface area contributed by atoms with Gasteiger partial charge in [-0.2, -0.15) is 0 Å². The quantitative estimate of drug-likeness (QED) is 0.501. The number of rotatable bonds is 6. The van der Waals surface area contributed by atoms with Gasteiger partial charge < -0.3 is 5.32 Å². The van der Waals surface area contributed by atoms with Gasteiger partial charge in [-0.1, -0.05) is 42.0 Å². The van der Waals surface area contributed by atoms with E-state index in [1.165, 1.54) is 11.1 Å². The number of nitrogens with one attached hydrogen (secondary N) is 1. The summed E-state index contributed by atoms with van der Waals surface area (Å²) >= 11 is 0. The highest BCUT2D eigenvalue weighted by atomic mass is 16.6. The first-order valence-corrected chi connectivity index (χ1v) is 7.06. The largest absolute Gasteiger partial charge is 0.312 e. The molecule has 0 amide bonds. The summed E-state index contributed by atoms with van der Waals surface area (Å²) < 4.78 is 0. The number of nitro benzene ring substituents is 1. The fourth-order valence-electron chi connectivity index (χ4n) is 2.29. The molecule has 0 atom stereocenters. The van der Waals surface area contributed by atoms with Crippen molar-refractivity contribution >= 4 is 5.69 Å². The maximum absolute atomic E-state index is 10.9. The molecule has 0 aliphatic heterocycles. The van der Waals surface area contributed by atoms with E-state index in [0.29, 0.717) is 12.1 Å². The second-order valence-electron chi connectivity index (χ2n) is 5.29. The highest BCUT2D eigenvalue weighted by Crippen LogP contribution is 2.19. The first-order valence-electron chi connectivity index (χ1n) is 7.06. The highest BCUT2D eigenvalue weighted by Gasteiger charge is 2.10. The SMILES string of the molecule is Cc1cccc(CCNCc2ccc(C)c([N+](=O)[O-])c2)c1. The number of hydrogen-bond donors (Lipinski definition) is 1. The van der Waals surface area contributed by atoms with Crippen LogP contribution in [0.3, 0.4) is 0 Å². The first kappa shape index (κ1) is 15.2. The lowest BCUT2D eigenvalue weighted by molar-refractivity contribution is -0.385. The van der Waals surface area contributed by atoms with E-state index in [-0.39, 0.29) is 10.6 Å². The number of hydrogen-bond acceptors (Lipinski definition) is 3. The van der Waals surface area contributed by atoms with Crippen LogP contribution in [-0.2, 0) is 13.0 Å². The van der Waals surface area contributed by atoms with Gasteiger partial charge in [-0.15, -0.1) is 0 Å². The van der Waals surface area contributed by atoms with Crippen molar-refractivity contribution < 1.29 is 4.92 Å². The van der Waals surface area contributed by atoms with Crippen molar-refractivity contribution in [3.63, 3.8) is 0 Å². The van der Waals surface area contributed by atoms with E-state index in [1.807, 2.05) is 6.07 Å². The van der Waals surface area contributed by atoms with Crippen LogP contribution in [0.5, 0.6) is 0 Å². The van der Waals surface area contributed by atoms with Crippen molar-refractivity contribution in [1.82, 2.24) is 5.32 Å². The molecule has 0 saturated heterocycles. The number of nitro groups is 1. The second-order valence-corrected chi connectivity index (χ2v) is 5.29. The molecule has 0 fully saturated rings. The fraction of sp³-hybridized carbons (Fsp3) is 0.294. The van der Waals surface area contributed by atoms with Crippen LogP contribution in [0.1, 0.15) is 22.3 Å². The molecule has 0 heterocycles. The van der Waals surface area contributed by atoms with Gasteiger partial charge in [0.15, 0.2) is 0 Å². The molecule has 0 aromatic heterocycles. The predicted molar refractivity (Wildman–Crippen MR) is 84.4 cm³/mol. The Morgan fingerprint density at radius 2 is 1.90 bits per heavy atom. The molecule has 0 saturated carbocycles. The Morgan fingerprint density at radius 1 is 1.10 bits per heavy atom. The monoisotopic (exact) mass is 284 g/mol. The average Bonchev–Trinajstić information content (AvgIpc) is 2.45. The minimum Gasteiger partial charge on any atom is -0.312 e. The molecule has 0 unspecified atom stereocenters. The number of aryl methyl sites for hydroxylation is 2. The fourth-order valence-corrected chi connectivity index (χ4v) is 2.29. The molecule has 4 nitrogen and oxygen atoms in total. The molecular formula is C17H20N2O2. The van der Waals surface area contributed by atoms with Crippen molar-refractivity contribution in [1.29, 1.82) is 0 Å². The van der Waals surface area contributed by atoms with E-state index in [2.05, 4.69) is 36.5 Å². The van der Waals surface area contributed by atoms with Crippen LogP contribution >= 0.6 is 0 Å². The molecule has 110 valence electrons. The Morgan fingerprint density at radius 3 is 2.62 bits per heavy atom. The van der Waals surface area contributed by atoms with Crippen LogP contribution in [-0.4, -0.2) is 11.5 Å². The Bertz CT molecular complexity index is 638. The number of nitrogens with zero attached hydrogens (tertiary/aromatic N) is 1. The summed E-state index contributed by atoms with van der Waals surface area (Å²) in [5.74, 6) is 0. The summed E-state index contributed by atoms with van der Waals surface area (Å²) in [5.41, 5.74) is 4.40. The molecule has 21 heavy (non-hydrogen) atoms. The molecule has 0 aliphatic carbocycles. The van der Waals surface area contributed by atoms with Crippen LogP contribution in [0, 0.1) is 24.0 Å². The maximum atomic E-state index is 10.9. The van der Waals surface area contributed by atoms with Crippen LogP contribution in [0.2, 0.25) is 0 Å². The molecule has 4 heteroatoms. The highest BCUT2D eigenvalue weighted by molar-refractivity contribution is 5.42. The second kappa shape index (κ2) is 6.99. The summed E-state index contributed by atoms with van der Waals surface area (Å²) in [4.78, 5) is 10.6. The van der Waals surface area contributed by atoms with Crippen molar-refractivity contribution in [2.75, 3.05) is 6.54 Å². The van der Waals surface area contributed by atoms with Gasteiger partial charge in [0.2, 0.25) is 0 Å². The molecule has 2 rings (SSSR count). The van der Waals surface area contributed by atoms with E-state index in [4.69, 9.17) is 0 Å². The van der Waals surface area contributed by atoms with E-state index in [9.17, 15) is 10.1 Å². The van der Waals surface area contributed by atoms with Gasteiger partial charge in [0.25, 0.3) is 5.69 Å².